The van der Waals surface area contributed by atoms with Crippen molar-refractivity contribution in [3.8, 4) is 11.1 Å². The van der Waals surface area contributed by atoms with Crippen LogP contribution < -0.4 is 4.72 Å². The maximum atomic E-state index is 13.1. The van der Waals surface area contributed by atoms with E-state index in [1.165, 1.54) is 7.11 Å². The van der Waals surface area contributed by atoms with Crippen LogP contribution in [0, 0.1) is 5.92 Å². The monoisotopic (exact) mass is 492 g/mol. The van der Waals surface area contributed by atoms with Crippen LogP contribution in [0.4, 0.5) is 5.69 Å². The van der Waals surface area contributed by atoms with Crippen LogP contribution in [0.1, 0.15) is 35.3 Å². The van der Waals surface area contributed by atoms with Gasteiger partial charge in [0.2, 0.25) is 10.0 Å². The number of sulfonamides is 1. The zero-order valence-electron chi connectivity index (χ0n) is 19.9. The smallest absolute Gasteiger partial charge is 0.328 e. The van der Waals surface area contributed by atoms with E-state index < -0.39 is 22.0 Å². The van der Waals surface area contributed by atoms with Crippen molar-refractivity contribution in [2.45, 2.75) is 32.2 Å². The van der Waals surface area contributed by atoms with Gasteiger partial charge in [0.05, 0.1) is 12.9 Å². The Labute approximate surface area is 205 Å². The summed E-state index contributed by atoms with van der Waals surface area (Å²) in [5, 5.41) is 0. The second-order valence-electron chi connectivity index (χ2n) is 8.94. The van der Waals surface area contributed by atoms with Crippen molar-refractivity contribution in [1.82, 2.24) is 4.90 Å². The number of esters is 1. The van der Waals surface area contributed by atoms with E-state index in [9.17, 15) is 18.0 Å². The van der Waals surface area contributed by atoms with Crippen LogP contribution in [0.2, 0.25) is 0 Å². The van der Waals surface area contributed by atoms with Crippen LogP contribution in [0.25, 0.3) is 11.1 Å². The van der Waals surface area contributed by atoms with Crippen LogP contribution >= 0.6 is 0 Å². The summed E-state index contributed by atoms with van der Waals surface area (Å²) in [4.78, 5) is 27.0. The van der Waals surface area contributed by atoms with E-state index in [1.54, 1.807) is 41.3 Å². The number of methoxy groups -OCH3 is 1. The molecule has 4 rings (SSSR count). The Morgan fingerprint density at radius 1 is 1.00 bits per heavy atom. The second kappa shape index (κ2) is 9.92. The molecule has 1 aliphatic rings. The molecule has 1 amide bonds. The minimum Gasteiger partial charge on any atom is -0.467 e. The molecule has 7 nitrogen and oxygen atoms in total. The van der Waals surface area contributed by atoms with E-state index >= 15 is 0 Å². The zero-order chi connectivity index (χ0) is 25.2. The van der Waals surface area contributed by atoms with Crippen LogP contribution in [-0.2, 0) is 31.9 Å². The first kappa shape index (κ1) is 24.5. The van der Waals surface area contributed by atoms with Crippen molar-refractivity contribution in [1.29, 1.82) is 0 Å². The maximum Gasteiger partial charge on any atom is 0.328 e. The molecule has 0 radical (unpaired) electrons. The number of nitrogens with one attached hydrogen (secondary N) is 1. The average Bonchev–Trinajstić information content (AvgIpc) is 3.14. The van der Waals surface area contributed by atoms with Gasteiger partial charge in [-0.15, -0.1) is 0 Å². The molecule has 1 N–H and O–H groups in total. The minimum absolute atomic E-state index is 0.0848. The SMILES string of the molecule is COC(=O)[C@H](C(C)C)N1Cc2ccc(-c3ccc(NS(=O)(=O)Cc4ccccc4)cc3)cc2C1=O. The Balaban J connectivity index is 1.51. The molecule has 182 valence electrons. The summed E-state index contributed by atoms with van der Waals surface area (Å²) in [5.74, 6) is -0.816. The lowest BCUT2D eigenvalue weighted by molar-refractivity contribution is -0.147. The lowest BCUT2D eigenvalue weighted by atomic mass is 10.0. The molecule has 3 aromatic carbocycles. The molecule has 3 aromatic rings. The van der Waals surface area contributed by atoms with E-state index in [0.29, 0.717) is 23.4 Å². The molecular weight excluding hydrogens is 464 g/mol. The van der Waals surface area contributed by atoms with Gasteiger partial charge in [0.25, 0.3) is 5.91 Å². The number of ether oxygens (including phenoxy) is 1. The second-order valence-corrected chi connectivity index (χ2v) is 10.7. The Hall–Kier alpha value is -3.65. The van der Waals surface area contributed by atoms with Gasteiger partial charge in [-0.1, -0.05) is 68.4 Å². The number of fused-ring (bicyclic) bond motifs is 1. The summed E-state index contributed by atoms with van der Waals surface area (Å²) in [6.45, 7) is 4.13. The predicted molar refractivity (Wildman–Crippen MR) is 135 cm³/mol. The highest BCUT2D eigenvalue weighted by atomic mass is 32.2. The van der Waals surface area contributed by atoms with E-state index in [0.717, 1.165) is 16.7 Å². The number of nitrogens with zero attached hydrogens (tertiary/aromatic N) is 1. The van der Waals surface area contributed by atoms with Gasteiger partial charge < -0.3 is 9.64 Å². The molecule has 0 fully saturated rings. The van der Waals surface area contributed by atoms with Gasteiger partial charge in [0.1, 0.15) is 6.04 Å². The number of hydrogen-bond donors (Lipinski definition) is 1. The largest absolute Gasteiger partial charge is 0.467 e. The molecular formula is C27H28N2O5S. The third-order valence-electron chi connectivity index (χ3n) is 6.04. The Bertz CT molecular complexity index is 1340. The van der Waals surface area contributed by atoms with Gasteiger partial charge in [-0.05, 0) is 46.4 Å². The summed E-state index contributed by atoms with van der Waals surface area (Å²) in [7, 11) is -2.22. The van der Waals surface area contributed by atoms with Crippen molar-refractivity contribution < 1.29 is 22.7 Å². The molecule has 1 aliphatic heterocycles. The molecule has 1 atom stereocenters. The zero-order valence-corrected chi connectivity index (χ0v) is 20.7. The summed E-state index contributed by atoms with van der Waals surface area (Å²) in [6, 6.07) is 21.0. The van der Waals surface area contributed by atoms with Gasteiger partial charge in [-0.25, -0.2) is 13.2 Å². The summed E-state index contributed by atoms with van der Waals surface area (Å²) < 4.78 is 32.5. The summed E-state index contributed by atoms with van der Waals surface area (Å²) in [6.07, 6.45) is 0. The normalized spacial score (nSPS) is 14.1. The van der Waals surface area contributed by atoms with E-state index in [2.05, 4.69) is 4.72 Å². The molecule has 0 unspecified atom stereocenters. The summed E-state index contributed by atoms with van der Waals surface area (Å²) >= 11 is 0. The molecule has 1 heterocycles. The molecule has 8 heteroatoms. The van der Waals surface area contributed by atoms with E-state index in [-0.39, 0.29) is 17.6 Å². The lowest BCUT2D eigenvalue weighted by Crippen LogP contribution is -2.45. The molecule has 0 bridgehead atoms. The van der Waals surface area contributed by atoms with Gasteiger partial charge in [0, 0.05) is 17.8 Å². The third kappa shape index (κ3) is 5.38. The van der Waals surface area contributed by atoms with Crippen LogP contribution in [0.5, 0.6) is 0 Å². The molecule has 0 spiro atoms. The highest BCUT2D eigenvalue weighted by Crippen LogP contribution is 2.32. The van der Waals surface area contributed by atoms with Crippen LogP contribution in [0.3, 0.4) is 0 Å². The Kier molecular flexibility index (Phi) is 6.93. The fraction of sp³-hybridized carbons (Fsp3) is 0.259. The van der Waals surface area contributed by atoms with Crippen molar-refractivity contribution in [3.05, 3.63) is 89.5 Å². The van der Waals surface area contributed by atoms with Crippen molar-refractivity contribution in [2.24, 2.45) is 5.92 Å². The number of amides is 1. The highest BCUT2D eigenvalue weighted by Gasteiger charge is 2.38. The predicted octanol–water partition coefficient (Wildman–Crippen LogP) is 4.45. The first-order chi connectivity index (χ1) is 16.7. The number of carbonyl (C=O) groups excluding carboxylic acids is 2. The minimum atomic E-state index is -3.55. The number of benzene rings is 3. The summed E-state index contributed by atoms with van der Waals surface area (Å²) in [5.41, 5.74) is 4.27. The topological polar surface area (TPSA) is 92.8 Å². The molecule has 35 heavy (non-hydrogen) atoms. The molecule has 0 aliphatic carbocycles. The number of anilines is 1. The van der Waals surface area contributed by atoms with Gasteiger partial charge >= 0.3 is 5.97 Å². The standard InChI is InChI=1S/C27H28N2O5S/c1-18(2)25(27(31)34-3)29-16-22-10-9-21(15-24(22)26(29)30)20-11-13-23(14-12-20)28-35(32,33)17-19-7-5-4-6-8-19/h4-15,18,25,28H,16-17H2,1-3H3/t25-/m0/s1. The van der Waals surface area contributed by atoms with Gasteiger partial charge in [-0.2, -0.15) is 0 Å². The maximum absolute atomic E-state index is 13.1. The Morgan fingerprint density at radius 3 is 2.29 bits per heavy atom. The van der Waals surface area contributed by atoms with Crippen LogP contribution in [-0.4, -0.2) is 38.3 Å². The molecule has 0 saturated carbocycles. The lowest BCUT2D eigenvalue weighted by Gasteiger charge is -2.28. The van der Waals surface area contributed by atoms with Gasteiger partial charge in [-0.3, -0.25) is 9.52 Å². The average molecular weight is 493 g/mol. The Morgan fingerprint density at radius 2 is 1.66 bits per heavy atom. The number of hydrogen-bond acceptors (Lipinski definition) is 5. The van der Waals surface area contributed by atoms with Crippen LogP contribution in [0.15, 0.2) is 72.8 Å². The van der Waals surface area contributed by atoms with Gasteiger partial charge in [0.15, 0.2) is 0 Å². The fourth-order valence-corrected chi connectivity index (χ4v) is 5.55. The molecule has 0 aromatic heterocycles. The third-order valence-corrected chi connectivity index (χ3v) is 7.30. The van der Waals surface area contributed by atoms with Crippen molar-refractivity contribution in [3.63, 3.8) is 0 Å². The molecule has 0 saturated heterocycles. The first-order valence-electron chi connectivity index (χ1n) is 11.3. The quantitative estimate of drug-likeness (QED) is 0.469. The number of carbonyl (C=O) groups is 2. The van der Waals surface area contributed by atoms with E-state index in [1.807, 2.05) is 50.2 Å². The van der Waals surface area contributed by atoms with Crippen molar-refractivity contribution >= 4 is 27.6 Å². The fourth-order valence-electron chi connectivity index (χ4n) is 4.35. The first-order valence-corrected chi connectivity index (χ1v) is 13.0. The van der Waals surface area contributed by atoms with E-state index in [4.69, 9.17) is 4.74 Å². The highest BCUT2D eigenvalue weighted by molar-refractivity contribution is 7.91. The number of rotatable bonds is 8. The van der Waals surface area contributed by atoms with Crippen molar-refractivity contribution in [2.75, 3.05) is 11.8 Å².